The molecule has 1 N–H and O–H groups in total. The topological polar surface area (TPSA) is 98.4 Å². The molecule has 2 aliphatic rings. The molecule has 1 unspecified atom stereocenters. The molecule has 0 aromatic carbocycles. The summed E-state index contributed by atoms with van der Waals surface area (Å²) in [5, 5.41) is 26.1. The van der Waals surface area contributed by atoms with Gasteiger partial charge in [0.05, 0.1) is 41.5 Å². The second kappa shape index (κ2) is 9.96. The summed E-state index contributed by atoms with van der Waals surface area (Å²) in [6.45, 7) is 8.92. The summed E-state index contributed by atoms with van der Waals surface area (Å²) in [6.07, 6.45) is 9.77. The number of nitriles is 1. The Morgan fingerprint density at radius 2 is 2.11 bits per heavy atom. The number of aliphatic imine (C=N–C) groups is 1. The van der Waals surface area contributed by atoms with Gasteiger partial charge in [-0.25, -0.2) is 0 Å². The lowest BCUT2D eigenvalue weighted by Gasteiger charge is -2.33. The van der Waals surface area contributed by atoms with Gasteiger partial charge in [-0.1, -0.05) is 24.6 Å². The molecule has 1 saturated heterocycles. The molecule has 1 aliphatic heterocycles. The third-order valence-corrected chi connectivity index (χ3v) is 6.87. The van der Waals surface area contributed by atoms with Crippen LogP contribution in [-0.4, -0.2) is 62.2 Å². The van der Waals surface area contributed by atoms with E-state index in [1.54, 1.807) is 6.21 Å². The van der Waals surface area contributed by atoms with E-state index in [-0.39, 0.29) is 0 Å². The van der Waals surface area contributed by atoms with Gasteiger partial charge in [0.25, 0.3) is 0 Å². The Morgan fingerprint density at radius 3 is 2.89 bits per heavy atom. The highest BCUT2D eigenvalue weighted by Gasteiger charge is 2.21. The van der Waals surface area contributed by atoms with Crippen LogP contribution in [0.5, 0.6) is 0 Å². The van der Waals surface area contributed by atoms with Gasteiger partial charge in [0, 0.05) is 25.7 Å². The molecule has 0 spiro atoms. The van der Waals surface area contributed by atoms with Gasteiger partial charge in [0.15, 0.2) is 5.65 Å². The number of hydrogen-bond donors (Lipinski definition) is 1. The van der Waals surface area contributed by atoms with E-state index in [1.165, 1.54) is 30.7 Å². The minimum absolute atomic E-state index is 0.396. The number of likely N-dealkylation sites (tertiary alicyclic amines) is 1. The lowest BCUT2D eigenvalue weighted by atomic mass is 9.90. The maximum atomic E-state index is 8.87. The Morgan fingerprint density at radius 1 is 1.26 bits per heavy atom. The first kappa shape index (κ1) is 23.2. The fraction of sp³-hybridized carbons (Fsp3) is 0.444. The zero-order valence-corrected chi connectivity index (χ0v) is 20.5. The quantitative estimate of drug-likeness (QED) is 0.373. The van der Waals surface area contributed by atoms with E-state index in [0.717, 1.165) is 41.2 Å². The summed E-state index contributed by atoms with van der Waals surface area (Å²) in [4.78, 5) is 6.81. The minimum atomic E-state index is 0.396. The third kappa shape index (κ3) is 4.82. The molecule has 0 amide bonds. The van der Waals surface area contributed by atoms with E-state index >= 15 is 0 Å². The molecule has 35 heavy (non-hydrogen) atoms. The zero-order chi connectivity index (χ0) is 24.4. The Balaban J connectivity index is 1.51. The predicted octanol–water partition coefficient (Wildman–Crippen LogP) is 4.33. The maximum Gasteiger partial charge on any atom is 0.161 e. The van der Waals surface area contributed by atoms with Gasteiger partial charge in [-0.15, -0.1) is 10.2 Å². The molecule has 4 heterocycles. The largest absolute Gasteiger partial charge is 0.334 e. The number of aromatic nitrogens is 4. The molecule has 8 nitrogen and oxygen atoms in total. The summed E-state index contributed by atoms with van der Waals surface area (Å²) in [5.41, 5.74) is 7.09. The van der Waals surface area contributed by atoms with Crippen LogP contribution < -0.4 is 0 Å². The van der Waals surface area contributed by atoms with Crippen molar-refractivity contribution in [1.29, 1.82) is 10.7 Å². The van der Waals surface area contributed by atoms with Gasteiger partial charge in [-0.2, -0.15) is 5.26 Å². The number of nitrogens with one attached hydrogen (secondary N) is 1. The normalized spacial score (nSPS) is 18.6. The van der Waals surface area contributed by atoms with Gasteiger partial charge in [0.2, 0.25) is 0 Å². The molecule has 8 heteroatoms. The molecule has 0 bridgehead atoms. The van der Waals surface area contributed by atoms with Crippen LogP contribution in [0.2, 0.25) is 0 Å². The molecule has 1 fully saturated rings. The van der Waals surface area contributed by atoms with Crippen LogP contribution in [0.3, 0.4) is 0 Å². The molecule has 5 rings (SSSR count). The Hall–Kier alpha value is -3.57. The van der Waals surface area contributed by atoms with Crippen LogP contribution in [0.15, 0.2) is 46.5 Å². The number of fused-ring (bicyclic) bond motifs is 3. The van der Waals surface area contributed by atoms with Crippen molar-refractivity contribution < 1.29 is 0 Å². The average Bonchev–Trinajstić information content (AvgIpc) is 3.36. The van der Waals surface area contributed by atoms with Crippen molar-refractivity contribution in [2.75, 3.05) is 26.2 Å². The molecule has 1 atom stereocenters. The van der Waals surface area contributed by atoms with Crippen molar-refractivity contribution in [3.8, 4) is 6.07 Å². The van der Waals surface area contributed by atoms with Crippen LogP contribution in [0.25, 0.3) is 16.7 Å². The highest BCUT2D eigenvalue weighted by Crippen LogP contribution is 2.29. The summed E-state index contributed by atoms with van der Waals surface area (Å²) in [7, 11) is 0. The van der Waals surface area contributed by atoms with E-state index in [2.05, 4.69) is 66.3 Å². The fourth-order valence-corrected chi connectivity index (χ4v) is 5.15. The molecular formula is C27H32N8. The number of rotatable bonds is 9. The molecule has 180 valence electrons. The SMILES string of the molecule is Cc1nnc2ccc3c(cc(C(=N)CC=NCCC#N)n3CC3=CC(C)CC(CN4CCC4)=C3)n12. The van der Waals surface area contributed by atoms with E-state index in [1.807, 2.05) is 13.0 Å². The number of hydrogen-bond acceptors (Lipinski definition) is 6. The summed E-state index contributed by atoms with van der Waals surface area (Å²) < 4.78 is 4.31. The Labute approximate surface area is 205 Å². The van der Waals surface area contributed by atoms with Crippen LogP contribution in [0, 0.1) is 29.6 Å². The monoisotopic (exact) mass is 468 g/mol. The van der Waals surface area contributed by atoms with E-state index in [0.29, 0.717) is 37.6 Å². The lowest BCUT2D eigenvalue weighted by molar-refractivity contribution is 0.196. The highest BCUT2D eigenvalue weighted by atomic mass is 15.2. The van der Waals surface area contributed by atoms with Gasteiger partial charge in [-0.05, 0) is 62.5 Å². The number of nitrogens with zero attached hydrogens (tertiary/aromatic N) is 7. The van der Waals surface area contributed by atoms with Gasteiger partial charge in [-0.3, -0.25) is 14.3 Å². The summed E-state index contributed by atoms with van der Waals surface area (Å²) in [5.74, 6) is 1.34. The second-order valence-corrected chi connectivity index (χ2v) is 9.70. The van der Waals surface area contributed by atoms with Crippen molar-refractivity contribution in [3.05, 3.63) is 53.0 Å². The number of allylic oxidation sites excluding steroid dienone is 3. The van der Waals surface area contributed by atoms with Crippen molar-refractivity contribution in [3.63, 3.8) is 0 Å². The average molecular weight is 469 g/mol. The molecular weight excluding hydrogens is 436 g/mol. The van der Waals surface area contributed by atoms with Crippen molar-refractivity contribution >= 4 is 28.6 Å². The first-order chi connectivity index (χ1) is 17.0. The molecule has 3 aromatic heterocycles. The lowest BCUT2D eigenvalue weighted by Crippen LogP contribution is -2.38. The van der Waals surface area contributed by atoms with Crippen LogP contribution in [0.1, 0.15) is 44.1 Å². The smallest absolute Gasteiger partial charge is 0.161 e. The Kier molecular flexibility index (Phi) is 6.60. The molecule has 3 aromatic rings. The van der Waals surface area contributed by atoms with Crippen molar-refractivity contribution in [2.45, 2.75) is 46.1 Å². The van der Waals surface area contributed by atoms with Crippen molar-refractivity contribution in [1.82, 2.24) is 24.1 Å². The van der Waals surface area contributed by atoms with E-state index in [4.69, 9.17) is 10.7 Å². The maximum absolute atomic E-state index is 8.87. The number of pyridine rings is 1. The van der Waals surface area contributed by atoms with Crippen molar-refractivity contribution in [2.24, 2.45) is 10.9 Å². The first-order valence-corrected chi connectivity index (χ1v) is 12.4. The first-order valence-electron chi connectivity index (χ1n) is 12.4. The summed E-state index contributed by atoms with van der Waals surface area (Å²) >= 11 is 0. The Bertz CT molecular complexity index is 1390. The van der Waals surface area contributed by atoms with E-state index < -0.39 is 0 Å². The van der Waals surface area contributed by atoms with Crippen LogP contribution >= 0.6 is 0 Å². The standard InChI is InChI=1S/C27H32N8/c1-19-13-21(17-33-11-4-12-33)15-22(14-19)18-34-24-5-6-27-32-31-20(2)35(27)26(24)16-25(34)23(29)7-10-30-9-3-8-28/h5-6,10,14-16,19,29H,3-4,7,9,11-13,17-18H2,1-2H3. The minimum Gasteiger partial charge on any atom is -0.334 e. The predicted molar refractivity (Wildman–Crippen MR) is 139 cm³/mol. The van der Waals surface area contributed by atoms with Crippen LogP contribution in [0.4, 0.5) is 0 Å². The third-order valence-electron chi connectivity index (χ3n) is 6.87. The van der Waals surface area contributed by atoms with Crippen LogP contribution in [-0.2, 0) is 6.54 Å². The fourth-order valence-electron chi connectivity index (χ4n) is 5.15. The zero-order valence-electron chi connectivity index (χ0n) is 20.5. The molecule has 1 aliphatic carbocycles. The molecule has 0 radical (unpaired) electrons. The van der Waals surface area contributed by atoms with E-state index in [9.17, 15) is 0 Å². The molecule has 0 saturated carbocycles. The second-order valence-electron chi connectivity index (χ2n) is 9.70. The summed E-state index contributed by atoms with van der Waals surface area (Å²) in [6, 6.07) is 8.28. The highest BCUT2D eigenvalue weighted by molar-refractivity contribution is 6.07. The van der Waals surface area contributed by atoms with Gasteiger partial charge < -0.3 is 9.98 Å². The number of aryl methyl sites for hydroxylation is 1. The van der Waals surface area contributed by atoms with Gasteiger partial charge in [0.1, 0.15) is 5.82 Å². The van der Waals surface area contributed by atoms with Gasteiger partial charge >= 0.3 is 0 Å².